The Morgan fingerprint density at radius 2 is 2.52 bits per heavy atom. The normalized spacial score (nSPS) is 57.9. The number of benzene rings is 1. The van der Waals surface area contributed by atoms with E-state index < -0.39 is 98.7 Å². The fourth-order valence-electron chi connectivity index (χ4n) is 4.47. The summed E-state index contributed by atoms with van der Waals surface area (Å²) in [4.78, 5) is 14.0. The molecule has 1 N–H and O–H groups in total. The smallest absolute Gasteiger partial charge is 0.174 e. The second kappa shape index (κ2) is 4.08. The van der Waals surface area contributed by atoms with Crippen LogP contribution in [0, 0.1) is 0 Å². The molecule has 122 valence electrons. The minimum absolute atomic E-state index is 0.152. The number of hydrogen-bond acceptors (Lipinski definition) is 5. The van der Waals surface area contributed by atoms with Crippen molar-refractivity contribution in [1.82, 2.24) is 4.90 Å². The average molecular weight is 327 g/mol. The predicted molar refractivity (Wildman–Crippen MR) is 83.0 cm³/mol. The standard InChI is InChI=1S/C18H21NO4/c1-19-8-7-17-14-10-3-4-12(22-2)15(14)23-16(17)11(20)5-6-18(17,21)13(19)9-10/h3-4,13,16,21H,5-9H2,1-2H3/t13-,16?,17+,18-/m1/s1/i1D3,2D3,3D,4D,5D2,13D,16D. The molecular weight excluding hydrogens is 294 g/mol. The van der Waals surface area contributed by atoms with Gasteiger partial charge in [0.05, 0.1) is 27.6 Å². The number of carbonyl (C=O) groups is 1. The number of rotatable bonds is 1. The molecule has 23 heavy (non-hydrogen) atoms. The number of likely N-dealkylation sites (N-methyl/N-ethyl adjacent to an activating group) is 1. The molecule has 1 aromatic carbocycles. The number of nitrogens with zero attached hydrogens (tertiary/aromatic N) is 1. The van der Waals surface area contributed by atoms with Gasteiger partial charge in [0.1, 0.15) is 0 Å². The van der Waals surface area contributed by atoms with Crippen LogP contribution in [0.15, 0.2) is 12.1 Å². The first kappa shape index (κ1) is 6.37. The van der Waals surface area contributed by atoms with Gasteiger partial charge in [-0.2, -0.15) is 0 Å². The van der Waals surface area contributed by atoms with Crippen molar-refractivity contribution in [2.75, 3.05) is 20.6 Å². The number of hydrogen-bond donors (Lipinski definition) is 1. The van der Waals surface area contributed by atoms with E-state index in [1.165, 1.54) is 0 Å². The summed E-state index contributed by atoms with van der Waals surface area (Å²) in [6, 6.07) is -3.94. The molecule has 5 nitrogen and oxygen atoms in total. The minimum atomic E-state index is -3.12. The van der Waals surface area contributed by atoms with Crippen molar-refractivity contribution in [2.45, 2.75) is 48.7 Å². The van der Waals surface area contributed by atoms with Gasteiger partial charge in [0.15, 0.2) is 23.4 Å². The van der Waals surface area contributed by atoms with Gasteiger partial charge in [-0.15, -0.1) is 0 Å². The van der Waals surface area contributed by atoms with Crippen LogP contribution in [0.25, 0.3) is 0 Å². The number of carbonyl (C=O) groups excluding carboxylic acids is 1. The van der Waals surface area contributed by atoms with Gasteiger partial charge in [-0.05, 0) is 44.4 Å². The third kappa shape index (κ3) is 1.32. The summed E-state index contributed by atoms with van der Waals surface area (Å²) < 4.78 is 109. The first-order valence-electron chi connectivity index (χ1n) is 13.3. The Morgan fingerprint density at radius 1 is 1.61 bits per heavy atom. The lowest BCUT2D eigenvalue weighted by molar-refractivity contribution is -0.185. The molecule has 4 atom stereocenters. The van der Waals surface area contributed by atoms with Gasteiger partial charge in [0.2, 0.25) is 0 Å². The molecule has 4 aliphatic rings. The molecule has 1 aromatic rings. The van der Waals surface area contributed by atoms with Crippen molar-refractivity contribution in [3.63, 3.8) is 0 Å². The SMILES string of the molecule is [2H]c1c([2H])c(OC([2H])([2H])[2H])c2c3c1C[C@@]1([2H])N(C([2H])([2H])[2H])CC[C@@]34C([2H])(O2)C(=O)C([2H])([2H])C[C@@]14O. The zero-order valence-corrected chi connectivity index (χ0v) is 11.9. The molecule has 1 unspecified atom stereocenters. The molecule has 5 rings (SSSR count). The summed E-state index contributed by atoms with van der Waals surface area (Å²) in [5.74, 6) is -2.72. The monoisotopic (exact) mass is 327 g/mol. The molecule has 2 heterocycles. The quantitative estimate of drug-likeness (QED) is 0.835. The van der Waals surface area contributed by atoms with E-state index in [2.05, 4.69) is 0 Å². The second-order valence-electron chi connectivity index (χ2n) is 6.27. The lowest BCUT2D eigenvalue weighted by Crippen LogP contribution is -2.76. The fourth-order valence-corrected chi connectivity index (χ4v) is 4.47. The summed E-state index contributed by atoms with van der Waals surface area (Å²) >= 11 is 0. The summed E-state index contributed by atoms with van der Waals surface area (Å²) in [5, 5.41) is 12.2. The maximum absolute atomic E-state index is 13.4. The number of aliphatic hydroxyl groups is 1. The number of methoxy groups -OCH3 is 1. The van der Waals surface area contributed by atoms with Gasteiger partial charge < -0.3 is 19.5 Å². The van der Waals surface area contributed by atoms with Crippen molar-refractivity contribution in [3.05, 3.63) is 23.2 Å². The van der Waals surface area contributed by atoms with Crippen LogP contribution in [0.2, 0.25) is 0 Å². The molecule has 1 spiro atoms. The Hall–Kier alpha value is -1.59. The summed E-state index contributed by atoms with van der Waals surface area (Å²) in [6.45, 7) is -3.35. The van der Waals surface area contributed by atoms with E-state index in [0.717, 1.165) is 0 Å². The number of ketones is 1. The topological polar surface area (TPSA) is 59.0 Å². The fraction of sp³-hybridized carbons (Fsp3) is 0.611. The molecule has 2 aliphatic heterocycles. The maximum atomic E-state index is 13.4. The lowest BCUT2D eigenvalue weighted by atomic mass is 9.49. The van der Waals surface area contributed by atoms with Crippen LogP contribution in [0.4, 0.5) is 0 Å². The van der Waals surface area contributed by atoms with Gasteiger partial charge in [-0.1, -0.05) is 6.04 Å². The van der Waals surface area contributed by atoms with Gasteiger partial charge in [0.25, 0.3) is 0 Å². The third-order valence-corrected chi connectivity index (χ3v) is 5.46. The molecule has 2 bridgehead atoms. The van der Waals surface area contributed by atoms with E-state index in [0.29, 0.717) is 4.90 Å². The van der Waals surface area contributed by atoms with E-state index in [1.54, 1.807) is 0 Å². The van der Waals surface area contributed by atoms with Crippen molar-refractivity contribution in [3.8, 4) is 11.5 Å². The number of likely N-dealkylation sites (tertiary alicyclic amines) is 1. The zero-order valence-electron chi connectivity index (χ0n) is 23.9. The zero-order chi connectivity index (χ0) is 26.4. The van der Waals surface area contributed by atoms with E-state index in [9.17, 15) is 11.3 Å². The Labute approximate surface area is 152 Å². The van der Waals surface area contributed by atoms with Crippen molar-refractivity contribution in [1.29, 1.82) is 0 Å². The average Bonchev–Trinajstić information content (AvgIpc) is 2.93. The number of piperidine rings is 1. The highest BCUT2D eigenvalue weighted by atomic mass is 16.5. The summed E-state index contributed by atoms with van der Waals surface area (Å²) in [6.07, 6.45) is -8.00. The molecule has 2 fully saturated rings. The Balaban J connectivity index is 1.94. The minimum Gasteiger partial charge on any atom is -0.493 e. The van der Waals surface area contributed by atoms with Crippen molar-refractivity contribution < 1.29 is 35.8 Å². The van der Waals surface area contributed by atoms with Crippen LogP contribution < -0.4 is 9.47 Å². The summed E-state index contributed by atoms with van der Waals surface area (Å²) in [5.41, 5.74) is -5.23. The molecule has 0 amide bonds. The Kier molecular flexibility index (Phi) is 1.13. The lowest BCUT2D eigenvalue weighted by Gasteiger charge is -2.62. The van der Waals surface area contributed by atoms with Crippen LogP contribution in [0.5, 0.6) is 11.5 Å². The Morgan fingerprint density at radius 3 is 3.35 bits per heavy atom. The van der Waals surface area contributed by atoms with E-state index in [-0.39, 0.29) is 11.1 Å². The first-order valence-corrected chi connectivity index (χ1v) is 7.28. The molecule has 1 saturated carbocycles. The van der Waals surface area contributed by atoms with Crippen LogP contribution in [0.1, 0.15) is 46.8 Å². The molecule has 0 aromatic heterocycles. The van der Waals surface area contributed by atoms with Crippen LogP contribution in [0.3, 0.4) is 0 Å². The van der Waals surface area contributed by atoms with Crippen molar-refractivity contribution in [2.24, 2.45) is 0 Å². The highest BCUT2D eigenvalue weighted by molar-refractivity contribution is 5.90. The number of ether oxygens (including phenoxy) is 2. The van der Waals surface area contributed by atoms with Gasteiger partial charge in [0, 0.05) is 24.8 Å². The molecule has 2 aliphatic carbocycles. The molecule has 5 heteroatoms. The predicted octanol–water partition coefficient (Wildman–Crippen LogP) is 1.05. The summed E-state index contributed by atoms with van der Waals surface area (Å²) in [7, 11) is -3.12. The van der Waals surface area contributed by atoms with Crippen LogP contribution in [-0.2, 0) is 16.6 Å². The highest BCUT2D eigenvalue weighted by Crippen LogP contribution is 2.64. The highest BCUT2D eigenvalue weighted by Gasteiger charge is 2.72. The second-order valence-corrected chi connectivity index (χ2v) is 6.27. The largest absolute Gasteiger partial charge is 0.493 e. The van der Waals surface area contributed by atoms with E-state index in [1.807, 2.05) is 0 Å². The third-order valence-electron chi connectivity index (χ3n) is 5.46. The first-order chi connectivity index (χ1) is 15.7. The van der Waals surface area contributed by atoms with Gasteiger partial charge >= 0.3 is 0 Å². The number of Topliss-reactive ketones (excluding diaryl/α,β-unsaturated/α-hetero) is 1. The molecule has 1 saturated heterocycles. The van der Waals surface area contributed by atoms with Crippen LogP contribution in [-0.4, -0.2) is 54.0 Å². The molecule has 0 radical (unpaired) electrons. The van der Waals surface area contributed by atoms with Gasteiger partial charge in [-0.3, -0.25) is 4.79 Å². The maximum Gasteiger partial charge on any atom is 0.174 e. The Bertz CT molecular complexity index is 1180. The van der Waals surface area contributed by atoms with Crippen LogP contribution >= 0.6 is 0 Å². The molecular formula is C18H21NO4. The van der Waals surface area contributed by atoms with E-state index in [4.69, 9.17) is 24.6 Å². The van der Waals surface area contributed by atoms with Crippen molar-refractivity contribution >= 4 is 5.78 Å². The van der Waals surface area contributed by atoms with Gasteiger partial charge in [-0.25, -0.2) is 0 Å². The van der Waals surface area contributed by atoms with E-state index >= 15 is 0 Å².